The van der Waals surface area contributed by atoms with Crippen LogP contribution in [0.5, 0.6) is 5.75 Å². The maximum absolute atomic E-state index is 9.76. The highest BCUT2D eigenvalue weighted by Crippen LogP contribution is 2.27. The first-order valence-electron chi connectivity index (χ1n) is 11.8. The predicted molar refractivity (Wildman–Crippen MR) is 130 cm³/mol. The minimum atomic E-state index is 0.240. The van der Waals surface area contributed by atoms with Crippen LogP contribution >= 0.6 is 11.6 Å². The van der Waals surface area contributed by atoms with Crippen molar-refractivity contribution in [3.05, 3.63) is 76.7 Å². The quantitative estimate of drug-likeness (QED) is 0.588. The Kier molecular flexibility index (Phi) is 6.97. The molecule has 0 spiro atoms. The van der Waals surface area contributed by atoms with Crippen molar-refractivity contribution in [1.29, 1.82) is 0 Å². The molecule has 2 aliphatic rings. The van der Waals surface area contributed by atoms with Crippen LogP contribution in [-0.2, 0) is 19.6 Å². The molecule has 33 heavy (non-hydrogen) atoms. The predicted octanol–water partition coefficient (Wildman–Crippen LogP) is 4.27. The third kappa shape index (κ3) is 5.25. The standard InChI is InChI=1S/C26H31ClN4O2/c27-22-7-9-26(28-15-22)31-11-3-5-23(31)18-29-12-13-33-25-8-6-20(14-21(25)17-29)16-30-10-2-1-4-24(30)19-32/h3,5-9,11,14-15,24,32H,1-2,4,10,12-13,16-19H2/t24-/m1/s1. The maximum atomic E-state index is 9.76. The Balaban J connectivity index is 1.31. The molecule has 0 unspecified atom stereocenters. The molecular formula is C26H31ClN4O2. The molecule has 2 aliphatic heterocycles. The van der Waals surface area contributed by atoms with Crippen molar-refractivity contribution in [2.24, 2.45) is 0 Å². The second-order valence-corrected chi connectivity index (χ2v) is 9.44. The van der Waals surface area contributed by atoms with Crippen LogP contribution in [0.25, 0.3) is 5.82 Å². The number of hydrogen-bond donors (Lipinski definition) is 1. The summed E-state index contributed by atoms with van der Waals surface area (Å²) in [4.78, 5) is 9.32. The van der Waals surface area contributed by atoms with E-state index in [0.29, 0.717) is 11.6 Å². The van der Waals surface area contributed by atoms with Gasteiger partial charge in [-0.3, -0.25) is 9.80 Å². The lowest BCUT2D eigenvalue weighted by molar-refractivity contribution is 0.0841. The molecule has 1 aromatic carbocycles. The van der Waals surface area contributed by atoms with E-state index in [-0.39, 0.29) is 12.6 Å². The van der Waals surface area contributed by atoms with E-state index < -0.39 is 0 Å². The number of likely N-dealkylation sites (tertiary alicyclic amines) is 1. The molecule has 0 amide bonds. The molecular weight excluding hydrogens is 436 g/mol. The summed E-state index contributed by atoms with van der Waals surface area (Å²) in [6, 6.07) is 14.9. The van der Waals surface area contributed by atoms with Gasteiger partial charge in [-0.1, -0.05) is 24.1 Å². The molecule has 0 bridgehead atoms. The van der Waals surface area contributed by atoms with Gasteiger partial charge in [0.05, 0.1) is 11.6 Å². The van der Waals surface area contributed by atoms with Crippen molar-refractivity contribution in [1.82, 2.24) is 19.4 Å². The van der Waals surface area contributed by atoms with Gasteiger partial charge in [-0.05, 0) is 61.3 Å². The Morgan fingerprint density at radius 2 is 2.03 bits per heavy atom. The number of nitrogens with zero attached hydrogens (tertiary/aromatic N) is 4. The first kappa shape index (κ1) is 22.4. The van der Waals surface area contributed by atoms with Gasteiger partial charge in [-0.15, -0.1) is 0 Å². The summed E-state index contributed by atoms with van der Waals surface area (Å²) < 4.78 is 8.20. The summed E-state index contributed by atoms with van der Waals surface area (Å²) in [6.45, 7) is 5.36. The third-order valence-corrected chi connectivity index (χ3v) is 6.93. The van der Waals surface area contributed by atoms with Crippen molar-refractivity contribution in [2.45, 2.75) is 44.9 Å². The van der Waals surface area contributed by atoms with Crippen LogP contribution in [0, 0.1) is 0 Å². The molecule has 0 aliphatic carbocycles. The van der Waals surface area contributed by atoms with Crippen molar-refractivity contribution in [3.8, 4) is 11.6 Å². The summed E-state index contributed by atoms with van der Waals surface area (Å²) in [5, 5.41) is 10.4. The molecule has 1 N–H and O–H groups in total. The molecule has 3 aromatic rings. The average molecular weight is 467 g/mol. The van der Waals surface area contributed by atoms with Crippen molar-refractivity contribution < 1.29 is 9.84 Å². The Hall–Kier alpha value is -2.38. The number of benzene rings is 1. The van der Waals surface area contributed by atoms with E-state index >= 15 is 0 Å². The van der Waals surface area contributed by atoms with E-state index in [0.717, 1.165) is 50.7 Å². The van der Waals surface area contributed by atoms with E-state index in [1.807, 2.05) is 18.3 Å². The van der Waals surface area contributed by atoms with Gasteiger partial charge in [0.2, 0.25) is 0 Å². The lowest BCUT2D eigenvalue weighted by atomic mass is 10.0. The minimum Gasteiger partial charge on any atom is -0.492 e. The molecule has 1 saturated heterocycles. The van der Waals surface area contributed by atoms with Crippen molar-refractivity contribution in [3.63, 3.8) is 0 Å². The van der Waals surface area contributed by atoms with E-state index in [1.54, 1.807) is 6.20 Å². The van der Waals surface area contributed by atoms with Crippen LogP contribution in [0.4, 0.5) is 0 Å². The summed E-state index contributed by atoms with van der Waals surface area (Å²) in [5.41, 5.74) is 3.70. The number of ether oxygens (including phenoxy) is 1. The monoisotopic (exact) mass is 466 g/mol. The fourth-order valence-electron chi connectivity index (χ4n) is 4.95. The highest BCUT2D eigenvalue weighted by Gasteiger charge is 2.23. The molecule has 0 radical (unpaired) electrons. The van der Waals surface area contributed by atoms with Crippen LogP contribution in [0.3, 0.4) is 0 Å². The second kappa shape index (κ2) is 10.3. The lowest BCUT2D eigenvalue weighted by Gasteiger charge is -2.34. The molecule has 2 aromatic heterocycles. The zero-order chi connectivity index (χ0) is 22.6. The van der Waals surface area contributed by atoms with Gasteiger partial charge in [0.1, 0.15) is 18.2 Å². The van der Waals surface area contributed by atoms with Gasteiger partial charge in [0.15, 0.2) is 0 Å². The van der Waals surface area contributed by atoms with Gasteiger partial charge in [0.25, 0.3) is 0 Å². The molecule has 5 rings (SSSR count). The Bertz CT molecular complexity index is 1070. The Morgan fingerprint density at radius 1 is 1.09 bits per heavy atom. The summed E-state index contributed by atoms with van der Waals surface area (Å²) in [5.74, 6) is 1.85. The molecule has 0 saturated carbocycles. The number of hydrogen-bond acceptors (Lipinski definition) is 5. The fourth-order valence-corrected chi connectivity index (χ4v) is 5.06. The second-order valence-electron chi connectivity index (χ2n) is 9.01. The number of pyridine rings is 1. The number of rotatable bonds is 6. The van der Waals surface area contributed by atoms with Crippen molar-refractivity contribution in [2.75, 3.05) is 26.3 Å². The summed E-state index contributed by atoms with van der Waals surface area (Å²) >= 11 is 6.02. The van der Waals surface area contributed by atoms with E-state index in [4.69, 9.17) is 16.3 Å². The van der Waals surface area contributed by atoms with E-state index in [2.05, 4.69) is 49.7 Å². The van der Waals surface area contributed by atoms with E-state index in [9.17, 15) is 5.11 Å². The van der Waals surface area contributed by atoms with Crippen LogP contribution < -0.4 is 4.74 Å². The summed E-state index contributed by atoms with van der Waals surface area (Å²) in [7, 11) is 0. The summed E-state index contributed by atoms with van der Waals surface area (Å²) in [6.07, 6.45) is 7.23. The van der Waals surface area contributed by atoms with Gasteiger partial charge < -0.3 is 14.4 Å². The van der Waals surface area contributed by atoms with Gasteiger partial charge >= 0.3 is 0 Å². The number of aliphatic hydroxyl groups excluding tert-OH is 1. The van der Waals surface area contributed by atoms with Crippen LogP contribution in [0.1, 0.15) is 36.1 Å². The van der Waals surface area contributed by atoms with Gasteiger partial charge in [-0.25, -0.2) is 4.98 Å². The lowest BCUT2D eigenvalue weighted by Crippen LogP contribution is -2.41. The number of aliphatic hydroxyl groups is 1. The normalized spacial score (nSPS) is 19.6. The number of aromatic nitrogens is 2. The topological polar surface area (TPSA) is 53.8 Å². The molecule has 7 heteroatoms. The third-order valence-electron chi connectivity index (χ3n) is 6.71. The van der Waals surface area contributed by atoms with Crippen LogP contribution in [-0.4, -0.2) is 56.8 Å². The minimum absolute atomic E-state index is 0.240. The number of fused-ring (bicyclic) bond motifs is 1. The average Bonchev–Trinajstić information content (AvgIpc) is 3.19. The highest BCUT2D eigenvalue weighted by molar-refractivity contribution is 6.30. The molecule has 6 nitrogen and oxygen atoms in total. The Labute approximate surface area is 200 Å². The molecule has 174 valence electrons. The first-order valence-corrected chi connectivity index (χ1v) is 12.2. The van der Waals surface area contributed by atoms with Crippen LogP contribution in [0.2, 0.25) is 5.02 Å². The fraction of sp³-hybridized carbons (Fsp3) is 0.423. The van der Waals surface area contributed by atoms with Gasteiger partial charge in [0, 0.05) is 55.9 Å². The number of halogens is 1. The first-order chi connectivity index (χ1) is 16.2. The Morgan fingerprint density at radius 3 is 2.88 bits per heavy atom. The van der Waals surface area contributed by atoms with E-state index in [1.165, 1.54) is 29.7 Å². The van der Waals surface area contributed by atoms with Gasteiger partial charge in [-0.2, -0.15) is 0 Å². The zero-order valence-corrected chi connectivity index (χ0v) is 19.6. The largest absolute Gasteiger partial charge is 0.492 e. The SMILES string of the molecule is OC[C@H]1CCCCN1Cc1ccc2c(c1)CN(Cc1cccn1-c1ccc(Cl)cn1)CCO2. The zero-order valence-electron chi connectivity index (χ0n) is 18.9. The maximum Gasteiger partial charge on any atom is 0.136 e. The molecule has 1 atom stereocenters. The number of piperidine rings is 1. The molecule has 4 heterocycles. The molecule has 1 fully saturated rings. The van der Waals surface area contributed by atoms with Crippen molar-refractivity contribution >= 4 is 11.6 Å². The highest BCUT2D eigenvalue weighted by atomic mass is 35.5. The van der Waals surface area contributed by atoms with Crippen LogP contribution in [0.15, 0.2) is 54.9 Å². The smallest absolute Gasteiger partial charge is 0.136 e.